The fourth-order valence-corrected chi connectivity index (χ4v) is 4.15. The van der Waals surface area contributed by atoms with Crippen LogP contribution >= 0.6 is 11.6 Å². The number of hydrazone groups is 1. The highest BCUT2D eigenvalue weighted by Gasteiger charge is 2.32. The lowest BCUT2D eigenvalue weighted by Crippen LogP contribution is -2.25. The van der Waals surface area contributed by atoms with Crippen molar-refractivity contribution in [1.82, 2.24) is 19.3 Å². The molecule has 7 nitrogen and oxygen atoms in total. The van der Waals surface area contributed by atoms with Crippen LogP contribution in [0.15, 0.2) is 82.8 Å². The Labute approximate surface area is 196 Å². The van der Waals surface area contributed by atoms with E-state index in [1.807, 2.05) is 66.5 Å². The van der Waals surface area contributed by atoms with E-state index in [0.29, 0.717) is 24.1 Å². The zero-order chi connectivity index (χ0) is 22.9. The minimum Gasteiger partial charge on any atom is -0.263 e. The molecule has 0 bridgehead atoms. The lowest BCUT2D eigenvalue weighted by atomic mass is 9.91. The molecule has 166 valence electrons. The Kier molecular flexibility index (Phi) is 5.56. The van der Waals surface area contributed by atoms with Gasteiger partial charge in [-0.25, -0.2) is 14.5 Å². The van der Waals surface area contributed by atoms with E-state index in [2.05, 4.69) is 22.2 Å². The van der Waals surface area contributed by atoms with Crippen molar-refractivity contribution in [1.29, 1.82) is 0 Å². The molecule has 8 heteroatoms. The molecule has 0 spiro atoms. The zero-order valence-electron chi connectivity index (χ0n) is 18.4. The van der Waals surface area contributed by atoms with Crippen LogP contribution in [0.1, 0.15) is 28.3 Å². The number of hydrogen-bond donors (Lipinski definition) is 0. The molecule has 1 unspecified atom stereocenters. The van der Waals surface area contributed by atoms with Crippen molar-refractivity contribution >= 4 is 23.3 Å². The van der Waals surface area contributed by atoms with Crippen LogP contribution in [0.3, 0.4) is 0 Å². The van der Waals surface area contributed by atoms with E-state index in [1.165, 1.54) is 9.25 Å². The van der Waals surface area contributed by atoms with Gasteiger partial charge >= 0.3 is 5.69 Å². The van der Waals surface area contributed by atoms with Crippen molar-refractivity contribution in [3.05, 3.63) is 111 Å². The van der Waals surface area contributed by atoms with Gasteiger partial charge in [0.05, 0.1) is 18.8 Å². The molecule has 0 saturated carbocycles. The fourth-order valence-electron chi connectivity index (χ4n) is 4.02. The highest BCUT2D eigenvalue weighted by molar-refractivity contribution is 6.30. The fraction of sp³-hybridized carbons (Fsp3) is 0.200. The number of anilines is 1. The van der Waals surface area contributed by atoms with Crippen LogP contribution in [0.5, 0.6) is 0 Å². The van der Waals surface area contributed by atoms with Gasteiger partial charge in [0.2, 0.25) is 5.95 Å². The van der Waals surface area contributed by atoms with Gasteiger partial charge in [0, 0.05) is 29.9 Å². The predicted molar refractivity (Wildman–Crippen MR) is 130 cm³/mol. The van der Waals surface area contributed by atoms with Crippen molar-refractivity contribution in [3.63, 3.8) is 0 Å². The van der Waals surface area contributed by atoms with Crippen LogP contribution in [0.2, 0.25) is 5.02 Å². The number of hydrogen-bond acceptors (Lipinski definition) is 5. The van der Waals surface area contributed by atoms with Gasteiger partial charge in [-0.05, 0) is 41.8 Å². The van der Waals surface area contributed by atoms with Crippen LogP contribution in [-0.4, -0.2) is 31.6 Å². The van der Waals surface area contributed by atoms with Crippen LogP contribution in [0.25, 0.3) is 0 Å². The Morgan fingerprint density at radius 1 is 1.03 bits per heavy atom. The summed E-state index contributed by atoms with van der Waals surface area (Å²) in [4.78, 5) is 17.2. The average molecular weight is 459 g/mol. The van der Waals surface area contributed by atoms with Crippen LogP contribution in [0.4, 0.5) is 5.95 Å². The molecule has 1 atom stereocenters. The van der Waals surface area contributed by atoms with E-state index in [1.54, 1.807) is 13.2 Å². The third-order valence-corrected chi connectivity index (χ3v) is 6.06. The maximum absolute atomic E-state index is 12.9. The summed E-state index contributed by atoms with van der Waals surface area (Å²) in [6, 6.07) is 21.8. The van der Waals surface area contributed by atoms with Gasteiger partial charge in [-0.3, -0.25) is 9.55 Å². The third-order valence-electron chi connectivity index (χ3n) is 5.81. The summed E-state index contributed by atoms with van der Waals surface area (Å²) in [6.45, 7) is 2.86. The van der Waals surface area contributed by atoms with Crippen molar-refractivity contribution < 1.29 is 0 Å². The molecular formula is C25H23ClN6O. The average Bonchev–Trinajstić information content (AvgIpc) is 3.39. The van der Waals surface area contributed by atoms with Crippen LogP contribution < -0.4 is 10.7 Å². The SMILES string of the molecule is Cc1ccc(Cn2nc(N3CC(c4ccccc4)C(c4ccc(Cl)cc4)=N3)n(C)c2=O)cn1. The van der Waals surface area contributed by atoms with Crippen molar-refractivity contribution in [3.8, 4) is 0 Å². The van der Waals surface area contributed by atoms with E-state index in [-0.39, 0.29) is 11.6 Å². The summed E-state index contributed by atoms with van der Waals surface area (Å²) >= 11 is 6.11. The highest BCUT2D eigenvalue weighted by atomic mass is 35.5. The number of aryl methyl sites for hydroxylation is 1. The molecule has 1 aliphatic rings. The van der Waals surface area contributed by atoms with E-state index in [4.69, 9.17) is 16.7 Å². The van der Waals surface area contributed by atoms with Gasteiger partial charge in [0.1, 0.15) is 0 Å². The first kappa shape index (κ1) is 21.2. The van der Waals surface area contributed by atoms with E-state index >= 15 is 0 Å². The summed E-state index contributed by atoms with van der Waals surface area (Å²) in [5.74, 6) is 0.541. The molecular weight excluding hydrogens is 436 g/mol. The number of benzene rings is 2. The smallest absolute Gasteiger partial charge is 0.263 e. The summed E-state index contributed by atoms with van der Waals surface area (Å²) < 4.78 is 2.99. The van der Waals surface area contributed by atoms with Gasteiger partial charge in [0.25, 0.3) is 0 Å². The number of nitrogens with zero attached hydrogens (tertiary/aromatic N) is 6. The van der Waals surface area contributed by atoms with E-state index in [0.717, 1.165) is 28.1 Å². The second-order valence-electron chi connectivity index (χ2n) is 8.14. The van der Waals surface area contributed by atoms with Crippen molar-refractivity contribution in [2.24, 2.45) is 12.1 Å². The molecule has 4 aromatic rings. The molecule has 3 heterocycles. The van der Waals surface area contributed by atoms with Crippen LogP contribution in [0, 0.1) is 6.92 Å². The predicted octanol–water partition coefficient (Wildman–Crippen LogP) is 4.00. The first-order chi connectivity index (χ1) is 16.0. The Bertz CT molecular complexity index is 1360. The lowest BCUT2D eigenvalue weighted by molar-refractivity contribution is 0.644. The quantitative estimate of drug-likeness (QED) is 0.453. The van der Waals surface area contributed by atoms with E-state index < -0.39 is 0 Å². The summed E-state index contributed by atoms with van der Waals surface area (Å²) in [5, 5.41) is 12.0. The Hall–Kier alpha value is -3.71. The zero-order valence-corrected chi connectivity index (χ0v) is 19.1. The maximum atomic E-state index is 12.9. The normalized spacial score (nSPS) is 15.7. The first-order valence-electron chi connectivity index (χ1n) is 10.7. The molecule has 0 saturated heterocycles. The summed E-state index contributed by atoms with van der Waals surface area (Å²) in [5.41, 5.74) is 4.72. The number of aromatic nitrogens is 4. The largest absolute Gasteiger partial charge is 0.347 e. The molecule has 33 heavy (non-hydrogen) atoms. The van der Waals surface area contributed by atoms with Gasteiger partial charge in [-0.1, -0.05) is 60.1 Å². The van der Waals surface area contributed by atoms with Gasteiger partial charge in [-0.15, -0.1) is 5.10 Å². The second kappa shape index (κ2) is 8.67. The first-order valence-corrected chi connectivity index (χ1v) is 11.1. The monoisotopic (exact) mass is 458 g/mol. The Morgan fingerprint density at radius 3 is 2.48 bits per heavy atom. The van der Waals surface area contributed by atoms with Crippen molar-refractivity contribution in [2.45, 2.75) is 19.4 Å². The number of pyridine rings is 1. The Morgan fingerprint density at radius 2 is 1.79 bits per heavy atom. The molecule has 0 amide bonds. The minimum absolute atomic E-state index is 0.0360. The molecule has 0 radical (unpaired) electrons. The summed E-state index contributed by atoms with van der Waals surface area (Å²) in [6.07, 6.45) is 1.77. The molecule has 0 aliphatic carbocycles. The topological polar surface area (TPSA) is 68.3 Å². The molecule has 2 aromatic heterocycles. The number of halogens is 1. The standard InChI is InChI=1S/C25H23ClN6O/c1-17-8-9-18(14-27-17)15-32-25(33)30(2)24(29-32)31-16-22(19-6-4-3-5-7-19)23(28-31)20-10-12-21(26)13-11-20/h3-14,22H,15-16H2,1-2H3. The summed E-state index contributed by atoms with van der Waals surface area (Å²) in [7, 11) is 1.72. The van der Waals surface area contributed by atoms with Crippen LogP contribution in [-0.2, 0) is 13.6 Å². The highest BCUT2D eigenvalue weighted by Crippen LogP contribution is 2.31. The van der Waals surface area contributed by atoms with Gasteiger partial charge < -0.3 is 0 Å². The van der Waals surface area contributed by atoms with Crippen molar-refractivity contribution in [2.75, 3.05) is 11.6 Å². The second-order valence-corrected chi connectivity index (χ2v) is 8.58. The maximum Gasteiger partial charge on any atom is 0.347 e. The third kappa shape index (κ3) is 4.19. The van der Waals surface area contributed by atoms with Gasteiger partial charge in [-0.2, -0.15) is 5.10 Å². The van der Waals surface area contributed by atoms with Gasteiger partial charge in [0.15, 0.2) is 0 Å². The molecule has 5 rings (SSSR count). The lowest BCUT2D eigenvalue weighted by Gasteiger charge is -2.15. The van der Waals surface area contributed by atoms with E-state index in [9.17, 15) is 4.79 Å². The molecule has 1 aliphatic heterocycles. The molecule has 2 aromatic carbocycles. The number of rotatable bonds is 5. The molecule has 0 N–H and O–H groups in total. The Balaban J connectivity index is 1.51. The minimum atomic E-state index is -0.197. The molecule has 0 fully saturated rings.